The Bertz CT molecular complexity index is 1230. The predicted octanol–water partition coefficient (Wildman–Crippen LogP) is 1.63. The van der Waals surface area contributed by atoms with Crippen molar-refractivity contribution in [2.75, 3.05) is 6.61 Å². The standard InChI is InChI=1S/C16H22O11.C7HF5O.C4H8O2/c1-8(18)23-7-14(25-10(3)20)16(27-12(5)22)15(26-11(4)21)13(6-17)24-9(2)19;8-3-2(1-13)4(9)6(11)7(12)5(3)10;1-2-4(6)3-5/h6,13-16H,7H2,1-5H3;1H;3-4,6H,2H2,1H3/t13-,14+,15+,16+;;/m0../s1. The maximum absolute atomic E-state index is 12.5. The summed E-state index contributed by atoms with van der Waals surface area (Å²) in [6.45, 7) is 6.31. The summed E-state index contributed by atoms with van der Waals surface area (Å²) >= 11 is 0. The highest BCUT2D eigenvalue weighted by molar-refractivity contribution is 5.76. The predicted molar refractivity (Wildman–Crippen MR) is 139 cm³/mol. The normalized spacial score (nSPS) is 13.2. The van der Waals surface area contributed by atoms with Crippen LogP contribution in [0.4, 0.5) is 22.0 Å². The van der Waals surface area contributed by atoms with E-state index in [1.165, 1.54) is 0 Å². The summed E-state index contributed by atoms with van der Waals surface area (Å²) in [5.41, 5.74) is -1.46. The van der Waals surface area contributed by atoms with Crippen LogP contribution >= 0.6 is 0 Å². The van der Waals surface area contributed by atoms with Gasteiger partial charge in [0.2, 0.25) is 5.82 Å². The van der Waals surface area contributed by atoms with E-state index in [1.807, 2.05) is 0 Å². The molecule has 1 N–H and O–H groups in total. The molecule has 0 bridgehead atoms. The van der Waals surface area contributed by atoms with Gasteiger partial charge in [-0.1, -0.05) is 6.92 Å². The van der Waals surface area contributed by atoms with Crippen LogP contribution in [0.2, 0.25) is 0 Å². The number of carbonyl (C=O) groups excluding carboxylic acids is 8. The number of rotatable bonds is 13. The number of esters is 5. The minimum atomic E-state index is -2.28. The Balaban J connectivity index is 0. The Morgan fingerprint density at radius 1 is 0.630 bits per heavy atom. The van der Waals surface area contributed by atoms with Crippen LogP contribution in [0.25, 0.3) is 0 Å². The quantitative estimate of drug-likeness (QED) is 0.0789. The van der Waals surface area contributed by atoms with E-state index in [0.717, 1.165) is 34.6 Å². The molecule has 0 aliphatic rings. The molecule has 5 atom stereocenters. The minimum absolute atomic E-state index is 0.155. The lowest BCUT2D eigenvalue weighted by atomic mass is 10.0. The topological polar surface area (TPSA) is 203 Å². The summed E-state index contributed by atoms with van der Waals surface area (Å²) in [4.78, 5) is 87.4. The highest BCUT2D eigenvalue weighted by atomic mass is 19.2. The summed E-state index contributed by atoms with van der Waals surface area (Å²) in [5.74, 6) is -15.0. The fourth-order valence-electron chi connectivity index (χ4n) is 2.85. The number of aliphatic hydroxyl groups excluding tert-OH is 1. The van der Waals surface area contributed by atoms with Crippen molar-refractivity contribution in [3.8, 4) is 0 Å². The van der Waals surface area contributed by atoms with Crippen LogP contribution in [0.15, 0.2) is 0 Å². The molecule has 0 spiro atoms. The zero-order chi connectivity index (χ0) is 36.3. The average Bonchev–Trinajstić information content (AvgIpc) is 2.97. The van der Waals surface area contributed by atoms with Crippen molar-refractivity contribution >= 4 is 48.7 Å². The first-order valence-corrected chi connectivity index (χ1v) is 12.7. The average molecular weight is 675 g/mol. The molecule has 1 unspecified atom stereocenters. The molecule has 258 valence electrons. The van der Waals surface area contributed by atoms with Crippen LogP contribution in [0, 0.1) is 29.1 Å². The Labute approximate surface area is 258 Å². The molecule has 0 aliphatic carbocycles. The van der Waals surface area contributed by atoms with E-state index in [1.54, 1.807) is 6.92 Å². The fourth-order valence-corrected chi connectivity index (χ4v) is 2.85. The number of halogens is 5. The maximum Gasteiger partial charge on any atom is 0.303 e. The molecule has 0 aliphatic heterocycles. The van der Waals surface area contributed by atoms with Gasteiger partial charge >= 0.3 is 29.8 Å². The molecule has 0 aromatic heterocycles. The molecule has 0 saturated heterocycles. The maximum atomic E-state index is 12.5. The van der Waals surface area contributed by atoms with E-state index in [9.17, 15) is 60.3 Å². The Morgan fingerprint density at radius 2 is 1.04 bits per heavy atom. The first-order chi connectivity index (χ1) is 21.3. The Hall–Kier alpha value is -4.81. The second kappa shape index (κ2) is 21.8. The van der Waals surface area contributed by atoms with E-state index >= 15 is 0 Å². The molecule has 14 nitrogen and oxygen atoms in total. The molecule has 0 amide bonds. The van der Waals surface area contributed by atoms with Crippen molar-refractivity contribution in [2.24, 2.45) is 0 Å². The number of hydrogen-bond acceptors (Lipinski definition) is 14. The monoisotopic (exact) mass is 674 g/mol. The van der Waals surface area contributed by atoms with Gasteiger partial charge in [0, 0.05) is 34.6 Å². The van der Waals surface area contributed by atoms with Crippen LogP contribution in [0.3, 0.4) is 0 Å². The van der Waals surface area contributed by atoms with Crippen molar-refractivity contribution in [1.82, 2.24) is 0 Å². The molecular formula is C27H31F5O14. The summed E-state index contributed by atoms with van der Waals surface area (Å²) in [6, 6.07) is 0. The number of aldehydes is 3. The zero-order valence-corrected chi connectivity index (χ0v) is 25.2. The van der Waals surface area contributed by atoms with E-state index in [-0.39, 0.29) is 6.29 Å². The first kappa shape index (κ1) is 43.3. The summed E-state index contributed by atoms with van der Waals surface area (Å²) in [5, 5.41) is 8.30. The number of aliphatic hydroxyl groups is 1. The van der Waals surface area contributed by atoms with Gasteiger partial charge in [0.05, 0.1) is 5.56 Å². The third kappa shape index (κ3) is 15.8. The van der Waals surface area contributed by atoms with Crippen LogP contribution in [0.5, 0.6) is 0 Å². The zero-order valence-electron chi connectivity index (χ0n) is 25.2. The highest BCUT2D eigenvalue weighted by Crippen LogP contribution is 2.21. The van der Waals surface area contributed by atoms with Crippen LogP contribution in [-0.4, -0.2) is 90.9 Å². The summed E-state index contributed by atoms with van der Waals surface area (Å²) in [7, 11) is 0. The summed E-state index contributed by atoms with van der Waals surface area (Å²) < 4.78 is 86.3. The number of ether oxygens (including phenoxy) is 5. The lowest BCUT2D eigenvalue weighted by Gasteiger charge is -2.33. The third-order valence-electron chi connectivity index (χ3n) is 4.76. The van der Waals surface area contributed by atoms with Gasteiger partial charge in [0.1, 0.15) is 19.0 Å². The Kier molecular flexibility index (Phi) is 20.5. The van der Waals surface area contributed by atoms with Gasteiger partial charge in [-0.25, -0.2) is 22.0 Å². The molecule has 1 aromatic rings. The fraction of sp³-hybridized carbons (Fsp3) is 0.481. The minimum Gasteiger partial charge on any atom is -0.462 e. The van der Waals surface area contributed by atoms with E-state index in [0.29, 0.717) is 12.7 Å². The van der Waals surface area contributed by atoms with E-state index in [2.05, 4.69) is 0 Å². The van der Waals surface area contributed by atoms with Crippen molar-refractivity contribution in [3.63, 3.8) is 0 Å². The molecule has 0 fully saturated rings. The number of carbonyl (C=O) groups is 8. The molecule has 46 heavy (non-hydrogen) atoms. The molecule has 0 saturated carbocycles. The second-order valence-corrected chi connectivity index (χ2v) is 8.52. The number of benzene rings is 1. The van der Waals surface area contributed by atoms with Gasteiger partial charge in [-0.2, -0.15) is 0 Å². The smallest absolute Gasteiger partial charge is 0.303 e. The van der Waals surface area contributed by atoms with Gasteiger partial charge in [0.25, 0.3) is 0 Å². The van der Waals surface area contributed by atoms with E-state index in [4.69, 9.17) is 28.8 Å². The molecule has 0 radical (unpaired) electrons. The van der Waals surface area contributed by atoms with Crippen molar-refractivity contribution < 1.29 is 89.1 Å². The van der Waals surface area contributed by atoms with Gasteiger partial charge in [-0.05, 0) is 6.42 Å². The molecule has 1 rings (SSSR count). The van der Waals surface area contributed by atoms with Gasteiger partial charge in [-0.3, -0.25) is 33.6 Å². The van der Waals surface area contributed by atoms with E-state index < -0.39 is 108 Å². The second-order valence-electron chi connectivity index (χ2n) is 8.52. The Morgan fingerprint density at radius 3 is 1.35 bits per heavy atom. The molecule has 1 aromatic carbocycles. The highest BCUT2D eigenvalue weighted by Gasteiger charge is 2.44. The van der Waals surface area contributed by atoms with Gasteiger partial charge < -0.3 is 33.6 Å². The molecular weight excluding hydrogens is 643 g/mol. The third-order valence-corrected chi connectivity index (χ3v) is 4.76. The van der Waals surface area contributed by atoms with Crippen molar-refractivity contribution in [3.05, 3.63) is 34.6 Å². The molecule has 19 heteroatoms. The van der Waals surface area contributed by atoms with Gasteiger partial charge in [-0.15, -0.1) is 0 Å². The van der Waals surface area contributed by atoms with Crippen LogP contribution < -0.4 is 0 Å². The van der Waals surface area contributed by atoms with Crippen molar-refractivity contribution in [2.45, 2.75) is 78.5 Å². The SMILES string of the molecule is CC(=O)OC[C@@H](OC(C)=O)[C@@H](OC(C)=O)[C@H](OC(C)=O)[C@H](C=O)OC(C)=O.CCC(O)C=O.O=Cc1c(F)c(F)c(F)c(F)c1F. The first-order valence-electron chi connectivity index (χ1n) is 12.7. The van der Waals surface area contributed by atoms with Crippen LogP contribution in [-0.2, 0) is 57.2 Å². The summed E-state index contributed by atoms with van der Waals surface area (Å²) in [6.07, 6.45) is -6.37. The van der Waals surface area contributed by atoms with Gasteiger partial charge in [0.15, 0.2) is 60.3 Å². The lowest BCUT2D eigenvalue weighted by molar-refractivity contribution is -0.201. The largest absolute Gasteiger partial charge is 0.462 e. The lowest BCUT2D eigenvalue weighted by Crippen LogP contribution is -2.53. The number of hydrogen-bond donors (Lipinski definition) is 1. The van der Waals surface area contributed by atoms with Crippen molar-refractivity contribution in [1.29, 1.82) is 0 Å². The van der Waals surface area contributed by atoms with Crippen LogP contribution in [0.1, 0.15) is 58.3 Å². The molecule has 0 heterocycles.